The lowest BCUT2D eigenvalue weighted by Gasteiger charge is -2.37. The summed E-state index contributed by atoms with van der Waals surface area (Å²) in [7, 11) is 0. The van der Waals surface area contributed by atoms with Gasteiger partial charge in [0.05, 0.1) is 12.1 Å². The van der Waals surface area contributed by atoms with Crippen molar-refractivity contribution in [1.82, 2.24) is 14.8 Å². The van der Waals surface area contributed by atoms with Crippen LogP contribution in [0.25, 0.3) is 5.57 Å². The fourth-order valence-electron chi connectivity index (χ4n) is 4.67. The van der Waals surface area contributed by atoms with Crippen LogP contribution in [0.3, 0.4) is 0 Å². The maximum Gasteiger partial charge on any atom is 0.278 e. The molecule has 3 heterocycles. The average molecular weight is 404 g/mol. The van der Waals surface area contributed by atoms with Gasteiger partial charge < -0.3 is 4.90 Å². The number of hydrogen-bond acceptors (Lipinski definition) is 4. The topological polar surface area (TPSA) is 53.5 Å². The molecule has 5 heteroatoms. The fraction of sp³-hybridized carbons (Fsp3) is 0.400. The Morgan fingerprint density at radius 3 is 2.23 bits per heavy atom. The zero-order valence-electron chi connectivity index (χ0n) is 18.2. The van der Waals surface area contributed by atoms with E-state index in [4.69, 9.17) is 0 Å². The molecular formula is C25H29N3O2. The standard InChI is InChI=1S/C25H29N3O2/c1-16-11-17(2)14-27(13-16)23-22(21-6-5-18(3)19(4)12-21)24(29)28(25(23)30)15-20-7-9-26-10-8-20/h5-10,12,16-17H,11,13-15H2,1-4H3. The molecule has 156 valence electrons. The number of aryl methyl sites for hydroxylation is 2. The number of benzene rings is 1. The van der Waals surface area contributed by atoms with Crippen molar-refractivity contribution < 1.29 is 9.59 Å². The van der Waals surface area contributed by atoms with Crippen LogP contribution in [0.15, 0.2) is 48.4 Å². The Kier molecular flexibility index (Phi) is 5.46. The Morgan fingerprint density at radius 2 is 1.60 bits per heavy atom. The molecule has 1 aromatic carbocycles. The minimum Gasteiger partial charge on any atom is -0.366 e. The molecule has 2 aromatic rings. The van der Waals surface area contributed by atoms with E-state index < -0.39 is 0 Å². The van der Waals surface area contributed by atoms with Gasteiger partial charge in [0.25, 0.3) is 11.8 Å². The van der Waals surface area contributed by atoms with Gasteiger partial charge in [0.2, 0.25) is 0 Å². The van der Waals surface area contributed by atoms with Gasteiger partial charge in [0.1, 0.15) is 5.70 Å². The summed E-state index contributed by atoms with van der Waals surface area (Å²) in [6.45, 7) is 10.4. The maximum absolute atomic E-state index is 13.6. The average Bonchev–Trinajstić information content (AvgIpc) is 2.95. The minimum atomic E-state index is -0.207. The molecule has 0 saturated carbocycles. The van der Waals surface area contributed by atoms with E-state index in [1.807, 2.05) is 37.3 Å². The van der Waals surface area contributed by atoms with Gasteiger partial charge in [-0.1, -0.05) is 32.0 Å². The van der Waals surface area contributed by atoms with Crippen molar-refractivity contribution in [3.05, 3.63) is 70.7 Å². The van der Waals surface area contributed by atoms with E-state index in [-0.39, 0.29) is 18.4 Å². The van der Waals surface area contributed by atoms with Crippen molar-refractivity contribution in [3.8, 4) is 0 Å². The number of aromatic nitrogens is 1. The molecular weight excluding hydrogens is 374 g/mol. The minimum absolute atomic E-state index is 0.189. The summed E-state index contributed by atoms with van der Waals surface area (Å²) in [5, 5.41) is 0. The van der Waals surface area contributed by atoms with E-state index >= 15 is 0 Å². The summed E-state index contributed by atoms with van der Waals surface area (Å²) in [6.07, 6.45) is 4.52. The highest BCUT2D eigenvalue weighted by atomic mass is 16.2. The van der Waals surface area contributed by atoms with Gasteiger partial charge in [0, 0.05) is 25.5 Å². The number of hydrogen-bond donors (Lipinski definition) is 0. The first kappa shape index (κ1) is 20.3. The molecule has 1 aromatic heterocycles. The lowest BCUT2D eigenvalue weighted by Crippen LogP contribution is -2.41. The van der Waals surface area contributed by atoms with Crippen molar-refractivity contribution >= 4 is 17.4 Å². The second-order valence-electron chi connectivity index (χ2n) is 8.93. The molecule has 2 amide bonds. The number of piperidine rings is 1. The Morgan fingerprint density at radius 1 is 0.933 bits per heavy atom. The largest absolute Gasteiger partial charge is 0.366 e. The van der Waals surface area contributed by atoms with E-state index in [1.54, 1.807) is 12.4 Å². The van der Waals surface area contributed by atoms with Crippen molar-refractivity contribution in [2.75, 3.05) is 13.1 Å². The normalized spacial score (nSPS) is 22.3. The van der Waals surface area contributed by atoms with Gasteiger partial charge >= 0.3 is 0 Å². The Labute approximate surface area is 178 Å². The van der Waals surface area contributed by atoms with E-state index in [2.05, 4.69) is 30.7 Å². The van der Waals surface area contributed by atoms with Gasteiger partial charge in [-0.25, -0.2) is 0 Å². The molecule has 2 atom stereocenters. The van der Waals surface area contributed by atoms with Crippen molar-refractivity contribution in [2.24, 2.45) is 11.8 Å². The van der Waals surface area contributed by atoms with Crippen molar-refractivity contribution in [1.29, 1.82) is 0 Å². The van der Waals surface area contributed by atoms with Crippen LogP contribution in [-0.4, -0.2) is 39.7 Å². The molecule has 1 fully saturated rings. The SMILES string of the molecule is Cc1ccc(C2=C(N3CC(C)CC(C)C3)C(=O)N(Cc3ccncc3)C2=O)cc1C. The number of rotatable bonds is 4. The van der Waals surface area contributed by atoms with Crippen LogP contribution < -0.4 is 0 Å². The number of pyridine rings is 1. The van der Waals surface area contributed by atoms with Gasteiger partial charge in [-0.15, -0.1) is 0 Å². The quantitative estimate of drug-likeness (QED) is 0.725. The Bertz CT molecular complexity index is 1000. The van der Waals surface area contributed by atoms with Gasteiger partial charge in [0.15, 0.2) is 0 Å². The summed E-state index contributed by atoms with van der Waals surface area (Å²) < 4.78 is 0. The predicted octanol–water partition coefficient (Wildman–Crippen LogP) is 3.96. The third-order valence-corrected chi connectivity index (χ3v) is 6.21. The zero-order chi connectivity index (χ0) is 21.4. The van der Waals surface area contributed by atoms with Gasteiger partial charge in [-0.3, -0.25) is 19.5 Å². The number of carbonyl (C=O) groups excluding carboxylic acids is 2. The molecule has 2 unspecified atom stereocenters. The van der Waals surface area contributed by atoms with E-state index in [1.165, 1.54) is 10.5 Å². The lowest BCUT2D eigenvalue weighted by atomic mass is 9.90. The number of amides is 2. The number of carbonyl (C=O) groups is 2. The molecule has 5 nitrogen and oxygen atoms in total. The molecule has 4 rings (SSSR count). The molecule has 0 N–H and O–H groups in total. The van der Waals surface area contributed by atoms with Crippen LogP contribution in [0.5, 0.6) is 0 Å². The highest BCUT2D eigenvalue weighted by Crippen LogP contribution is 2.36. The lowest BCUT2D eigenvalue weighted by molar-refractivity contribution is -0.138. The van der Waals surface area contributed by atoms with Crippen LogP contribution in [0, 0.1) is 25.7 Å². The number of likely N-dealkylation sites (tertiary alicyclic amines) is 1. The van der Waals surface area contributed by atoms with Crippen LogP contribution in [-0.2, 0) is 16.1 Å². The molecule has 30 heavy (non-hydrogen) atoms. The van der Waals surface area contributed by atoms with E-state index in [0.29, 0.717) is 23.1 Å². The first-order valence-corrected chi connectivity index (χ1v) is 10.7. The maximum atomic E-state index is 13.6. The number of imide groups is 1. The fourth-order valence-corrected chi connectivity index (χ4v) is 4.67. The number of nitrogens with zero attached hydrogens (tertiary/aromatic N) is 3. The molecule has 1 saturated heterocycles. The van der Waals surface area contributed by atoms with Crippen LogP contribution >= 0.6 is 0 Å². The molecule has 2 aliphatic heterocycles. The first-order chi connectivity index (χ1) is 14.3. The summed E-state index contributed by atoms with van der Waals surface area (Å²) in [5.41, 5.74) is 5.12. The third-order valence-electron chi connectivity index (χ3n) is 6.21. The summed E-state index contributed by atoms with van der Waals surface area (Å²) in [4.78, 5) is 34.7. The summed E-state index contributed by atoms with van der Waals surface area (Å²) in [6, 6.07) is 9.72. The second-order valence-corrected chi connectivity index (χ2v) is 8.93. The van der Waals surface area contributed by atoms with E-state index in [0.717, 1.165) is 36.2 Å². The van der Waals surface area contributed by atoms with Gasteiger partial charge in [-0.05, 0) is 66.5 Å². The molecule has 0 bridgehead atoms. The van der Waals surface area contributed by atoms with E-state index in [9.17, 15) is 9.59 Å². The Balaban J connectivity index is 1.78. The van der Waals surface area contributed by atoms with Crippen molar-refractivity contribution in [3.63, 3.8) is 0 Å². The highest BCUT2D eigenvalue weighted by molar-refractivity contribution is 6.35. The molecule has 0 spiro atoms. The third kappa shape index (κ3) is 3.76. The van der Waals surface area contributed by atoms with Crippen LogP contribution in [0.2, 0.25) is 0 Å². The first-order valence-electron chi connectivity index (χ1n) is 10.7. The van der Waals surface area contributed by atoms with Crippen molar-refractivity contribution in [2.45, 2.75) is 40.7 Å². The highest BCUT2D eigenvalue weighted by Gasteiger charge is 2.42. The molecule has 2 aliphatic rings. The molecule has 0 aliphatic carbocycles. The second kappa shape index (κ2) is 8.05. The Hall–Kier alpha value is -2.95. The molecule has 0 radical (unpaired) electrons. The van der Waals surface area contributed by atoms with Crippen LogP contribution in [0.1, 0.15) is 42.5 Å². The van der Waals surface area contributed by atoms with Gasteiger partial charge in [-0.2, -0.15) is 0 Å². The summed E-state index contributed by atoms with van der Waals surface area (Å²) in [5.74, 6) is 0.575. The summed E-state index contributed by atoms with van der Waals surface area (Å²) >= 11 is 0. The predicted molar refractivity (Wildman–Crippen MR) is 117 cm³/mol. The van der Waals surface area contributed by atoms with Crippen LogP contribution in [0.4, 0.5) is 0 Å². The smallest absolute Gasteiger partial charge is 0.278 e. The zero-order valence-corrected chi connectivity index (χ0v) is 18.2. The monoisotopic (exact) mass is 403 g/mol.